The molecule has 1 aliphatic rings. The molecule has 156 valence electrons. The topological polar surface area (TPSA) is 113 Å². The standard InChI is InChI=1S/C22H22N2O5S/c1-13(25)23-18(12-30-22(29)14-7-3-2-4-8-14)20(26)19-16-10-6-5-9-15(16)11-17(24-19)21(27)28/h2-10,17-19,24H,11-12H2,1H3,(H,23,25)(H,27,28)/t17?,18-,19?/m1/s1. The molecule has 3 atom stereocenters. The fourth-order valence-corrected chi connectivity index (χ4v) is 4.29. The zero-order valence-electron chi connectivity index (χ0n) is 16.3. The molecule has 1 heterocycles. The van der Waals surface area contributed by atoms with Gasteiger partial charge in [-0.1, -0.05) is 66.4 Å². The van der Waals surface area contributed by atoms with Crippen LogP contribution in [0.25, 0.3) is 0 Å². The van der Waals surface area contributed by atoms with Crippen molar-refractivity contribution in [2.45, 2.75) is 31.5 Å². The number of carbonyl (C=O) groups excluding carboxylic acids is 3. The molecule has 0 aromatic heterocycles. The molecule has 3 N–H and O–H groups in total. The van der Waals surface area contributed by atoms with Crippen LogP contribution in [0.3, 0.4) is 0 Å². The number of nitrogens with one attached hydrogen (secondary N) is 2. The highest BCUT2D eigenvalue weighted by Gasteiger charge is 2.37. The van der Waals surface area contributed by atoms with Crippen LogP contribution in [0, 0.1) is 0 Å². The number of ketones is 1. The third-order valence-electron chi connectivity index (χ3n) is 4.85. The van der Waals surface area contributed by atoms with Gasteiger partial charge in [-0.05, 0) is 17.5 Å². The number of carboxylic acids is 1. The number of hydrogen-bond acceptors (Lipinski definition) is 6. The smallest absolute Gasteiger partial charge is 0.321 e. The SMILES string of the molecule is CC(=O)N[C@H](CSC(=O)c1ccccc1)C(=O)C1NC(C(=O)O)Cc2ccccc21. The van der Waals surface area contributed by atoms with E-state index in [2.05, 4.69) is 10.6 Å². The minimum absolute atomic E-state index is 0.0459. The van der Waals surface area contributed by atoms with Crippen LogP contribution in [0.1, 0.15) is 34.5 Å². The normalized spacial score (nSPS) is 18.7. The van der Waals surface area contributed by atoms with E-state index in [-0.39, 0.29) is 23.1 Å². The fraction of sp³-hybridized carbons (Fsp3) is 0.273. The second kappa shape index (κ2) is 9.69. The molecule has 0 fully saturated rings. The van der Waals surface area contributed by atoms with Crippen LogP contribution in [0.5, 0.6) is 0 Å². The summed E-state index contributed by atoms with van der Waals surface area (Å²) in [6.45, 7) is 1.30. The summed E-state index contributed by atoms with van der Waals surface area (Å²) < 4.78 is 0. The number of Topliss-reactive ketones (excluding diaryl/α,β-unsaturated/α-hetero) is 1. The van der Waals surface area contributed by atoms with E-state index in [0.29, 0.717) is 11.1 Å². The summed E-state index contributed by atoms with van der Waals surface area (Å²) in [7, 11) is 0. The van der Waals surface area contributed by atoms with Crippen LogP contribution in [-0.4, -0.2) is 45.7 Å². The Kier molecular flexibility index (Phi) is 7.02. The number of carbonyl (C=O) groups is 4. The molecule has 3 rings (SSSR count). The maximum Gasteiger partial charge on any atom is 0.321 e. The second-order valence-electron chi connectivity index (χ2n) is 7.01. The maximum atomic E-state index is 13.3. The summed E-state index contributed by atoms with van der Waals surface area (Å²) in [6, 6.07) is 13.1. The van der Waals surface area contributed by atoms with E-state index in [0.717, 1.165) is 17.3 Å². The van der Waals surface area contributed by atoms with Crippen LogP contribution in [0.4, 0.5) is 0 Å². The second-order valence-corrected chi connectivity index (χ2v) is 8.01. The van der Waals surface area contributed by atoms with E-state index in [1.54, 1.807) is 54.6 Å². The zero-order chi connectivity index (χ0) is 21.7. The summed E-state index contributed by atoms with van der Waals surface area (Å²) in [6.07, 6.45) is 0.265. The highest BCUT2D eigenvalue weighted by Crippen LogP contribution is 2.28. The Hall–Kier alpha value is -2.97. The van der Waals surface area contributed by atoms with Gasteiger partial charge < -0.3 is 10.4 Å². The number of aliphatic carboxylic acids is 1. The summed E-state index contributed by atoms with van der Waals surface area (Å²) in [5.74, 6) is -1.78. The molecule has 0 aliphatic carbocycles. The van der Waals surface area contributed by atoms with Crippen molar-refractivity contribution in [1.82, 2.24) is 10.6 Å². The van der Waals surface area contributed by atoms with E-state index >= 15 is 0 Å². The number of hydrogen-bond donors (Lipinski definition) is 3. The average Bonchev–Trinajstić information content (AvgIpc) is 2.75. The Morgan fingerprint density at radius 2 is 1.77 bits per heavy atom. The molecule has 1 amide bonds. The molecule has 0 saturated carbocycles. The molecule has 2 aromatic carbocycles. The Bertz CT molecular complexity index is 963. The number of thioether (sulfide) groups is 1. The summed E-state index contributed by atoms with van der Waals surface area (Å²) in [4.78, 5) is 49.0. The van der Waals surface area contributed by atoms with Crippen molar-refractivity contribution in [3.63, 3.8) is 0 Å². The van der Waals surface area contributed by atoms with Crippen molar-refractivity contribution in [3.8, 4) is 0 Å². The lowest BCUT2D eigenvalue weighted by molar-refractivity contribution is -0.140. The van der Waals surface area contributed by atoms with E-state index < -0.39 is 30.0 Å². The first kappa shape index (κ1) is 21.7. The van der Waals surface area contributed by atoms with Crippen molar-refractivity contribution in [2.75, 3.05) is 5.75 Å². The third kappa shape index (κ3) is 5.14. The summed E-state index contributed by atoms with van der Waals surface area (Å²) in [5, 5.41) is 14.7. The molecule has 2 aromatic rings. The van der Waals surface area contributed by atoms with Gasteiger partial charge in [0.15, 0.2) is 5.78 Å². The number of carboxylic acid groups (broad SMARTS) is 1. The quantitative estimate of drug-likeness (QED) is 0.620. The Morgan fingerprint density at radius 1 is 1.10 bits per heavy atom. The van der Waals surface area contributed by atoms with Crippen molar-refractivity contribution < 1.29 is 24.3 Å². The molecule has 2 unspecified atom stereocenters. The highest BCUT2D eigenvalue weighted by atomic mass is 32.2. The Morgan fingerprint density at radius 3 is 2.43 bits per heavy atom. The van der Waals surface area contributed by atoms with Crippen molar-refractivity contribution in [1.29, 1.82) is 0 Å². The molecule has 0 saturated heterocycles. The third-order valence-corrected chi connectivity index (χ3v) is 5.85. The lowest BCUT2D eigenvalue weighted by Crippen LogP contribution is -2.53. The monoisotopic (exact) mass is 426 g/mol. The molecular formula is C22H22N2O5S. The van der Waals surface area contributed by atoms with Gasteiger partial charge in [0.25, 0.3) is 0 Å². The minimum Gasteiger partial charge on any atom is -0.480 e. The van der Waals surface area contributed by atoms with Gasteiger partial charge in [-0.25, -0.2) is 0 Å². The predicted octanol–water partition coefficient (Wildman–Crippen LogP) is 1.97. The number of fused-ring (bicyclic) bond motifs is 1. The van der Waals surface area contributed by atoms with Crippen LogP contribution < -0.4 is 10.6 Å². The van der Waals surface area contributed by atoms with Gasteiger partial charge in [0.05, 0.1) is 12.1 Å². The van der Waals surface area contributed by atoms with Gasteiger partial charge in [-0.3, -0.25) is 24.5 Å². The fourth-order valence-electron chi connectivity index (χ4n) is 3.42. The van der Waals surface area contributed by atoms with Crippen molar-refractivity contribution in [3.05, 3.63) is 71.3 Å². The van der Waals surface area contributed by atoms with Crippen LogP contribution in [-0.2, 0) is 20.8 Å². The molecule has 7 nitrogen and oxygen atoms in total. The first-order valence-electron chi connectivity index (χ1n) is 9.46. The van der Waals surface area contributed by atoms with Crippen LogP contribution >= 0.6 is 11.8 Å². The zero-order valence-corrected chi connectivity index (χ0v) is 17.1. The Balaban J connectivity index is 1.81. The molecule has 0 radical (unpaired) electrons. The lowest BCUT2D eigenvalue weighted by atomic mass is 9.86. The van der Waals surface area contributed by atoms with E-state index in [9.17, 15) is 24.3 Å². The van der Waals surface area contributed by atoms with Crippen LogP contribution in [0.15, 0.2) is 54.6 Å². The molecule has 8 heteroatoms. The summed E-state index contributed by atoms with van der Waals surface area (Å²) in [5.41, 5.74) is 1.97. The first-order chi connectivity index (χ1) is 14.4. The number of benzene rings is 2. The van der Waals surface area contributed by atoms with Crippen LogP contribution in [0.2, 0.25) is 0 Å². The van der Waals surface area contributed by atoms with Gasteiger partial charge >= 0.3 is 5.97 Å². The van der Waals surface area contributed by atoms with Gasteiger partial charge in [-0.15, -0.1) is 0 Å². The highest BCUT2D eigenvalue weighted by molar-refractivity contribution is 8.14. The van der Waals surface area contributed by atoms with E-state index in [1.165, 1.54) is 6.92 Å². The van der Waals surface area contributed by atoms with E-state index in [4.69, 9.17) is 0 Å². The van der Waals surface area contributed by atoms with Gasteiger partial charge in [0.2, 0.25) is 11.0 Å². The van der Waals surface area contributed by atoms with Gasteiger partial charge in [0.1, 0.15) is 6.04 Å². The Labute approximate surface area is 178 Å². The van der Waals surface area contributed by atoms with Crippen molar-refractivity contribution in [2.24, 2.45) is 0 Å². The predicted molar refractivity (Wildman–Crippen MR) is 113 cm³/mol. The largest absolute Gasteiger partial charge is 0.480 e. The molecular weight excluding hydrogens is 404 g/mol. The lowest BCUT2D eigenvalue weighted by Gasteiger charge is -2.32. The molecule has 0 spiro atoms. The first-order valence-corrected chi connectivity index (χ1v) is 10.4. The van der Waals surface area contributed by atoms with E-state index in [1.807, 2.05) is 0 Å². The number of rotatable bonds is 7. The minimum atomic E-state index is -1.05. The van der Waals surface area contributed by atoms with Gasteiger partial charge in [-0.2, -0.15) is 0 Å². The molecule has 0 bridgehead atoms. The van der Waals surface area contributed by atoms with Crippen molar-refractivity contribution >= 4 is 34.5 Å². The molecule has 1 aliphatic heterocycles. The average molecular weight is 426 g/mol. The number of amides is 1. The molecule has 30 heavy (non-hydrogen) atoms. The van der Waals surface area contributed by atoms with Gasteiger partial charge in [0, 0.05) is 18.2 Å². The summed E-state index contributed by atoms with van der Waals surface area (Å²) >= 11 is 0.942. The maximum absolute atomic E-state index is 13.3.